The molecule has 0 amide bonds. The van der Waals surface area contributed by atoms with Gasteiger partial charge < -0.3 is 5.73 Å². The average molecular weight is 287 g/mol. The largest absolute Gasteiger partial charge is 0.384 e. The zero-order valence-corrected chi connectivity index (χ0v) is 11.5. The first-order chi connectivity index (χ1) is 9.69. The summed E-state index contributed by atoms with van der Waals surface area (Å²) in [5.74, 6) is 0.285. The molecule has 2 aromatic heterocycles. The Morgan fingerprint density at radius 2 is 2.30 bits per heavy atom. The van der Waals surface area contributed by atoms with Crippen LogP contribution in [0.15, 0.2) is 15.9 Å². The van der Waals surface area contributed by atoms with E-state index in [9.17, 15) is 10.1 Å². The molecule has 7 heteroatoms. The fourth-order valence-electron chi connectivity index (χ4n) is 2.38. The molecule has 1 aliphatic carbocycles. The summed E-state index contributed by atoms with van der Waals surface area (Å²) >= 11 is 1.54. The van der Waals surface area contributed by atoms with Gasteiger partial charge in [-0.3, -0.25) is 9.89 Å². The number of nitrogens with zero attached hydrogens (tertiary/aromatic N) is 3. The zero-order chi connectivity index (χ0) is 14.1. The number of nitrogen functional groups attached to an aromatic ring is 1. The number of anilines is 1. The number of aromatic amines is 1. The molecule has 0 saturated carbocycles. The monoisotopic (exact) mass is 287 g/mol. The van der Waals surface area contributed by atoms with Crippen LogP contribution in [0.1, 0.15) is 28.8 Å². The number of fused-ring (bicyclic) bond motifs is 1. The number of aryl methyl sites for hydroxylation is 1. The molecule has 2 heterocycles. The minimum atomic E-state index is -0.272. The Morgan fingerprint density at radius 3 is 3.00 bits per heavy atom. The Kier molecular flexibility index (Phi) is 3.16. The van der Waals surface area contributed by atoms with Gasteiger partial charge in [0.15, 0.2) is 0 Å². The number of aliphatic imine (C=N–C) groups is 1. The second kappa shape index (κ2) is 4.98. The van der Waals surface area contributed by atoms with Gasteiger partial charge in [0.25, 0.3) is 5.56 Å². The number of nitrogens with one attached hydrogen (secondary N) is 1. The van der Waals surface area contributed by atoms with Crippen LogP contribution in [-0.2, 0) is 12.8 Å². The molecule has 2 aromatic rings. The van der Waals surface area contributed by atoms with Crippen molar-refractivity contribution >= 4 is 28.5 Å². The number of hydrogen-bond acceptors (Lipinski definition) is 5. The van der Waals surface area contributed by atoms with Crippen molar-refractivity contribution in [1.29, 1.82) is 5.26 Å². The van der Waals surface area contributed by atoms with Crippen molar-refractivity contribution in [1.82, 2.24) is 9.78 Å². The van der Waals surface area contributed by atoms with Crippen molar-refractivity contribution < 1.29 is 0 Å². The maximum absolute atomic E-state index is 11.5. The van der Waals surface area contributed by atoms with Crippen molar-refractivity contribution in [2.45, 2.75) is 25.7 Å². The topological polar surface area (TPSA) is 100.0 Å². The van der Waals surface area contributed by atoms with Gasteiger partial charge in [-0.15, -0.1) is 11.3 Å². The molecule has 0 aliphatic heterocycles. The van der Waals surface area contributed by atoms with E-state index in [1.54, 1.807) is 0 Å². The van der Waals surface area contributed by atoms with Crippen LogP contribution >= 0.6 is 11.3 Å². The summed E-state index contributed by atoms with van der Waals surface area (Å²) in [5, 5.41) is 12.6. The first-order valence-electron chi connectivity index (χ1n) is 6.35. The van der Waals surface area contributed by atoms with Gasteiger partial charge in [0.2, 0.25) is 0 Å². The van der Waals surface area contributed by atoms with Crippen molar-refractivity contribution in [2.24, 2.45) is 4.99 Å². The smallest absolute Gasteiger partial charge is 0.274 e. The van der Waals surface area contributed by atoms with Gasteiger partial charge in [0, 0.05) is 10.9 Å². The molecule has 0 fully saturated rings. The van der Waals surface area contributed by atoms with E-state index >= 15 is 0 Å². The van der Waals surface area contributed by atoms with Gasteiger partial charge in [0.05, 0.1) is 5.56 Å². The van der Waals surface area contributed by atoms with Crippen molar-refractivity contribution in [2.75, 3.05) is 5.73 Å². The Balaban J connectivity index is 1.99. The maximum atomic E-state index is 11.5. The van der Waals surface area contributed by atoms with Crippen LogP contribution in [-0.4, -0.2) is 16.1 Å². The van der Waals surface area contributed by atoms with Gasteiger partial charge >= 0.3 is 0 Å². The molecule has 0 saturated heterocycles. The minimum absolute atomic E-state index is 0.272. The summed E-state index contributed by atoms with van der Waals surface area (Å²) in [7, 11) is 0. The number of aromatic nitrogens is 2. The fraction of sp³-hybridized carbons (Fsp3) is 0.308. The molecule has 3 N–H and O–H groups in total. The fourth-order valence-corrected chi connectivity index (χ4v) is 3.56. The third-order valence-corrected chi connectivity index (χ3v) is 4.52. The van der Waals surface area contributed by atoms with Crippen molar-refractivity contribution in [3.8, 4) is 6.07 Å². The lowest BCUT2D eigenvalue weighted by atomic mass is 9.96. The molecular formula is C13H13N5OS. The average Bonchev–Trinajstić information content (AvgIpc) is 2.95. The third kappa shape index (κ3) is 2.14. The Bertz CT molecular complexity index is 774. The molecule has 102 valence electrons. The lowest BCUT2D eigenvalue weighted by Crippen LogP contribution is -2.14. The van der Waals surface area contributed by atoms with E-state index in [1.807, 2.05) is 0 Å². The number of thiophene rings is 1. The highest BCUT2D eigenvalue weighted by Gasteiger charge is 2.20. The number of nitriles is 1. The predicted molar refractivity (Wildman–Crippen MR) is 78.7 cm³/mol. The quantitative estimate of drug-likeness (QED) is 0.650. The Labute approximate surface area is 119 Å². The molecule has 0 bridgehead atoms. The molecule has 0 spiro atoms. The summed E-state index contributed by atoms with van der Waals surface area (Å²) in [6.07, 6.45) is 5.61. The van der Waals surface area contributed by atoms with Crippen LogP contribution in [0.2, 0.25) is 0 Å². The molecule has 0 aromatic carbocycles. The van der Waals surface area contributed by atoms with E-state index < -0.39 is 0 Å². The van der Waals surface area contributed by atoms with Crippen LogP contribution in [0.3, 0.4) is 0 Å². The maximum Gasteiger partial charge on any atom is 0.274 e. The Morgan fingerprint density at radius 1 is 1.50 bits per heavy atom. The first kappa shape index (κ1) is 12.7. The lowest BCUT2D eigenvalue weighted by molar-refractivity contribution is 0.696. The molecule has 0 unspecified atom stereocenters. The predicted octanol–water partition coefficient (Wildman–Crippen LogP) is 1.78. The normalized spacial score (nSPS) is 14.3. The number of H-pyrrole nitrogens is 1. The zero-order valence-electron chi connectivity index (χ0n) is 10.7. The van der Waals surface area contributed by atoms with E-state index in [4.69, 9.17) is 5.73 Å². The van der Waals surface area contributed by atoms with E-state index in [-0.39, 0.29) is 11.4 Å². The second-order valence-corrected chi connectivity index (χ2v) is 5.75. The molecule has 1 aliphatic rings. The van der Waals surface area contributed by atoms with Gasteiger partial charge in [-0.2, -0.15) is 5.26 Å². The van der Waals surface area contributed by atoms with Crippen molar-refractivity contribution in [3.05, 3.63) is 32.4 Å². The van der Waals surface area contributed by atoms with Crippen LogP contribution in [0.5, 0.6) is 0 Å². The molecule has 6 nitrogen and oxygen atoms in total. The Hall–Kier alpha value is -2.33. The van der Waals surface area contributed by atoms with Gasteiger partial charge in [-0.25, -0.2) is 9.67 Å². The standard InChI is InChI=1S/C13H13N5OS/c14-6-9-8-3-1-2-4-10(8)20-13(9)16-7-18-12(19)5-11(15)17-18/h5,7,17H,1-4,15H2. The van der Waals surface area contributed by atoms with E-state index in [0.29, 0.717) is 10.6 Å². The van der Waals surface area contributed by atoms with Gasteiger partial charge in [-0.1, -0.05) is 0 Å². The SMILES string of the molecule is N#Cc1c(N=Cn2[nH]c(N)cc2=O)sc2c1CCCC2. The lowest BCUT2D eigenvalue weighted by Gasteiger charge is -2.09. The highest BCUT2D eigenvalue weighted by molar-refractivity contribution is 7.16. The van der Waals surface area contributed by atoms with Crippen LogP contribution in [0, 0.1) is 11.3 Å². The highest BCUT2D eigenvalue weighted by atomic mass is 32.1. The molecule has 0 atom stereocenters. The number of hydrogen-bond donors (Lipinski definition) is 2. The summed E-state index contributed by atoms with van der Waals surface area (Å²) in [6.45, 7) is 0. The summed E-state index contributed by atoms with van der Waals surface area (Å²) in [6, 6.07) is 3.52. The molecule has 0 radical (unpaired) electrons. The molecule has 20 heavy (non-hydrogen) atoms. The van der Waals surface area contributed by atoms with E-state index in [0.717, 1.165) is 31.2 Å². The van der Waals surface area contributed by atoms with Gasteiger partial charge in [-0.05, 0) is 31.2 Å². The number of rotatable bonds is 2. The third-order valence-electron chi connectivity index (χ3n) is 3.32. The van der Waals surface area contributed by atoms with Crippen LogP contribution in [0.4, 0.5) is 10.8 Å². The summed E-state index contributed by atoms with van der Waals surface area (Å²) in [5.41, 5.74) is 7.00. The van der Waals surface area contributed by atoms with Crippen LogP contribution < -0.4 is 11.3 Å². The highest BCUT2D eigenvalue weighted by Crippen LogP contribution is 2.39. The summed E-state index contributed by atoms with van der Waals surface area (Å²) in [4.78, 5) is 17.0. The van der Waals surface area contributed by atoms with E-state index in [2.05, 4.69) is 16.2 Å². The van der Waals surface area contributed by atoms with E-state index in [1.165, 1.54) is 33.3 Å². The van der Waals surface area contributed by atoms with Gasteiger partial charge in [0.1, 0.15) is 23.2 Å². The first-order valence-corrected chi connectivity index (χ1v) is 7.16. The van der Waals surface area contributed by atoms with Crippen LogP contribution in [0.25, 0.3) is 0 Å². The summed E-state index contributed by atoms with van der Waals surface area (Å²) < 4.78 is 1.20. The molecular weight excluding hydrogens is 274 g/mol. The van der Waals surface area contributed by atoms with Crippen molar-refractivity contribution in [3.63, 3.8) is 0 Å². The minimum Gasteiger partial charge on any atom is -0.384 e. The number of nitrogens with two attached hydrogens (primary N) is 1. The second-order valence-electron chi connectivity index (χ2n) is 4.67. The molecule has 3 rings (SSSR count).